The minimum Gasteiger partial charge on any atom is -0.307 e. The average molecular weight is 530 g/mol. The summed E-state index contributed by atoms with van der Waals surface area (Å²) in [6.07, 6.45) is 0. The van der Waals surface area contributed by atoms with E-state index in [9.17, 15) is 0 Å². The summed E-state index contributed by atoms with van der Waals surface area (Å²) in [5.41, 5.74) is 3.88. The van der Waals surface area contributed by atoms with Crippen molar-refractivity contribution in [1.82, 2.24) is 4.40 Å². The molecule has 0 aliphatic carbocycles. The molecule has 0 radical (unpaired) electrons. The molecule has 0 fully saturated rings. The van der Waals surface area contributed by atoms with Gasteiger partial charge in [0.05, 0.1) is 16.6 Å². The fourth-order valence-electron chi connectivity index (χ4n) is 7.02. The van der Waals surface area contributed by atoms with Gasteiger partial charge in [0.1, 0.15) is 0 Å². The molecule has 4 aromatic heterocycles. The third-order valence-electron chi connectivity index (χ3n) is 8.54. The largest absolute Gasteiger partial charge is 0.307 e. The molecule has 0 atom stereocenters. The fraction of sp³-hybridized carbons (Fsp3) is 0. The predicted molar refractivity (Wildman–Crippen MR) is 173 cm³/mol. The van der Waals surface area contributed by atoms with Gasteiger partial charge in [-0.15, -0.1) is 22.7 Å². The summed E-state index contributed by atoms with van der Waals surface area (Å²) in [5.74, 6) is 0. The van der Waals surface area contributed by atoms with Crippen LogP contribution in [0.25, 0.3) is 89.2 Å². The summed E-state index contributed by atoms with van der Waals surface area (Å²) in [4.78, 5) is 0. The van der Waals surface area contributed by atoms with Crippen LogP contribution in [-0.4, -0.2) is 4.40 Å². The minimum absolute atomic E-state index is 1.24. The topological polar surface area (TPSA) is 4.41 Å². The zero-order valence-corrected chi connectivity index (χ0v) is 22.4. The van der Waals surface area contributed by atoms with Crippen molar-refractivity contribution in [2.45, 2.75) is 0 Å². The maximum atomic E-state index is 2.61. The highest BCUT2D eigenvalue weighted by Gasteiger charge is 2.21. The molecular weight excluding hydrogens is 511 g/mol. The van der Waals surface area contributed by atoms with Gasteiger partial charge in [-0.05, 0) is 46.5 Å². The van der Waals surface area contributed by atoms with Crippen LogP contribution in [0.1, 0.15) is 0 Å². The Bertz CT molecular complexity index is 2660. The van der Waals surface area contributed by atoms with E-state index in [1.165, 1.54) is 89.2 Å². The van der Waals surface area contributed by atoms with Crippen LogP contribution in [0, 0.1) is 0 Å². The van der Waals surface area contributed by atoms with Crippen molar-refractivity contribution in [3.05, 3.63) is 115 Å². The van der Waals surface area contributed by atoms with Crippen LogP contribution in [0.15, 0.2) is 115 Å². The van der Waals surface area contributed by atoms with E-state index in [-0.39, 0.29) is 0 Å². The molecule has 0 amide bonds. The van der Waals surface area contributed by atoms with E-state index in [0.29, 0.717) is 0 Å². The standard InChI is InChI=1S/C36H19NS2/c1-2-9-21-20(8-1)22-10-3-5-13-27(22)37-35-24(16-18-30-33(35)26-11-4-6-14-28(26)38-30)25-17-19-31-34(36(25)37)32-23(21)12-7-15-29(32)39-31/h1-19H. The average Bonchev–Trinajstić information content (AvgIpc) is 3.66. The molecule has 180 valence electrons. The van der Waals surface area contributed by atoms with E-state index < -0.39 is 0 Å². The fourth-order valence-corrected chi connectivity index (χ4v) is 9.26. The second-order valence-corrected chi connectivity index (χ2v) is 12.6. The van der Waals surface area contributed by atoms with Gasteiger partial charge in [0.2, 0.25) is 0 Å². The van der Waals surface area contributed by atoms with Crippen molar-refractivity contribution in [3.8, 4) is 0 Å². The van der Waals surface area contributed by atoms with Gasteiger partial charge >= 0.3 is 0 Å². The van der Waals surface area contributed by atoms with Crippen LogP contribution in [0.5, 0.6) is 0 Å². The Labute approximate surface area is 230 Å². The molecule has 0 spiro atoms. The first kappa shape index (κ1) is 20.5. The van der Waals surface area contributed by atoms with Gasteiger partial charge in [0.25, 0.3) is 0 Å². The maximum absolute atomic E-state index is 2.61. The molecule has 10 rings (SSSR count). The van der Waals surface area contributed by atoms with E-state index >= 15 is 0 Å². The number of aromatic nitrogens is 1. The van der Waals surface area contributed by atoms with Crippen molar-refractivity contribution in [1.29, 1.82) is 0 Å². The molecule has 1 nitrogen and oxygen atoms in total. The Morgan fingerprint density at radius 3 is 1.69 bits per heavy atom. The molecule has 39 heavy (non-hydrogen) atoms. The summed E-state index contributed by atoms with van der Waals surface area (Å²) >= 11 is 3.81. The van der Waals surface area contributed by atoms with Crippen LogP contribution in [0.3, 0.4) is 0 Å². The van der Waals surface area contributed by atoms with Crippen LogP contribution in [0.2, 0.25) is 0 Å². The first-order valence-electron chi connectivity index (χ1n) is 13.3. The molecule has 0 aliphatic rings. The van der Waals surface area contributed by atoms with Gasteiger partial charge in [-0.3, -0.25) is 0 Å². The number of benzene rings is 6. The normalized spacial score (nSPS) is 12.6. The molecule has 0 saturated carbocycles. The summed E-state index contributed by atoms with van der Waals surface area (Å²) in [7, 11) is 0. The first-order valence-corrected chi connectivity index (χ1v) is 14.9. The lowest BCUT2D eigenvalue weighted by molar-refractivity contribution is 1.37. The Morgan fingerprint density at radius 1 is 0.333 bits per heavy atom. The molecule has 0 aliphatic heterocycles. The summed E-state index contributed by atoms with van der Waals surface area (Å²) in [6.45, 7) is 0. The van der Waals surface area contributed by atoms with Gasteiger partial charge in [0.15, 0.2) is 0 Å². The highest BCUT2D eigenvalue weighted by Crippen LogP contribution is 2.48. The van der Waals surface area contributed by atoms with Crippen molar-refractivity contribution in [3.63, 3.8) is 0 Å². The number of hydrogen-bond acceptors (Lipinski definition) is 2. The quantitative estimate of drug-likeness (QED) is 0.184. The molecule has 10 aromatic rings. The predicted octanol–water partition coefficient (Wildman–Crippen LogP) is 11.3. The first-order chi connectivity index (χ1) is 19.4. The number of para-hydroxylation sites is 1. The summed E-state index contributed by atoms with van der Waals surface area (Å²) in [6, 6.07) is 43.1. The van der Waals surface area contributed by atoms with Gasteiger partial charge in [0, 0.05) is 56.5 Å². The Morgan fingerprint density at radius 2 is 0.872 bits per heavy atom. The van der Waals surface area contributed by atoms with Gasteiger partial charge in [-0.25, -0.2) is 0 Å². The molecule has 0 unspecified atom stereocenters. The van der Waals surface area contributed by atoms with Crippen molar-refractivity contribution >= 4 is 112 Å². The minimum atomic E-state index is 1.24. The molecule has 3 heteroatoms. The highest BCUT2D eigenvalue weighted by molar-refractivity contribution is 7.26. The monoisotopic (exact) mass is 529 g/mol. The molecule has 0 bridgehead atoms. The van der Waals surface area contributed by atoms with E-state index in [4.69, 9.17) is 0 Å². The van der Waals surface area contributed by atoms with E-state index in [2.05, 4.69) is 120 Å². The second-order valence-electron chi connectivity index (χ2n) is 10.4. The molecule has 4 heterocycles. The molecular formula is C36H19NS2. The zero-order chi connectivity index (χ0) is 25.2. The van der Waals surface area contributed by atoms with E-state index in [1.807, 2.05) is 22.7 Å². The number of hydrogen-bond donors (Lipinski definition) is 0. The van der Waals surface area contributed by atoms with E-state index in [1.54, 1.807) is 0 Å². The Hall–Kier alpha value is -4.44. The third kappa shape index (κ3) is 2.46. The number of rotatable bonds is 0. The van der Waals surface area contributed by atoms with Crippen LogP contribution < -0.4 is 0 Å². The lowest BCUT2D eigenvalue weighted by Crippen LogP contribution is -1.87. The van der Waals surface area contributed by atoms with Gasteiger partial charge < -0.3 is 4.40 Å². The summed E-state index contributed by atoms with van der Waals surface area (Å²) in [5, 5.41) is 13.3. The smallest absolute Gasteiger partial charge is 0.0634 e. The number of nitrogens with zero attached hydrogens (tertiary/aromatic N) is 1. The van der Waals surface area contributed by atoms with Crippen LogP contribution in [-0.2, 0) is 0 Å². The number of thiophene rings is 2. The number of fused-ring (bicyclic) bond motifs is 12. The molecule has 0 saturated heterocycles. The van der Waals surface area contributed by atoms with Gasteiger partial charge in [-0.2, -0.15) is 0 Å². The lowest BCUT2D eigenvalue weighted by Gasteiger charge is -2.05. The van der Waals surface area contributed by atoms with Gasteiger partial charge in [-0.1, -0.05) is 84.9 Å². The van der Waals surface area contributed by atoms with Crippen molar-refractivity contribution in [2.75, 3.05) is 0 Å². The maximum Gasteiger partial charge on any atom is 0.0634 e. The Balaban J connectivity index is 1.71. The summed E-state index contributed by atoms with van der Waals surface area (Å²) < 4.78 is 7.98. The van der Waals surface area contributed by atoms with Crippen LogP contribution in [0.4, 0.5) is 0 Å². The second kappa shape index (κ2) is 7.15. The van der Waals surface area contributed by atoms with Crippen molar-refractivity contribution < 1.29 is 0 Å². The highest BCUT2D eigenvalue weighted by atomic mass is 32.1. The van der Waals surface area contributed by atoms with Crippen molar-refractivity contribution in [2.24, 2.45) is 0 Å². The third-order valence-corrected chi connectivity index (χ3v) is 10.8. The zero-order valence-electron chi connectivity index (χ0n) is 20.7. The molecule has 6 aromatic carbocycles. The van der Waals surface area contributed by atoms with Crippen LogP contribution >= 0.6 is 22.7 Å². The van der Waals surface area contributed by atoms with E-state index in [0.717, 1.165) is 0 Å². The lowest BCUT2D eigenvalue weighted by atomic mass is 10.0. The molecule has 0 N–H and O–H groups in total. The SMILES string of the molecule is c1ccc2c(c1)sc1ccc3c4ccc5sc6cccc7c8ccccc8c8ccccc8n(c3c12)c4c5c67. The Kier molecular flexibility index (Phi) is 3.76.